The van der Waals surface area contributed by atoms with Crippen molar-refractivity contribution in [1.82, 2.24) is 4.90 Å². The molecule has 1 saturated heterocycles. The van der Waals surface area contributed by atoms with Gasteiger partial charge in [-0.1, -0.05) is 39.0 Å². The predicted octanol–water partition coefficient (Wildman–Crippen LogP) is 2.54. The smallest absolute Gasteiger partial charge is 0.225 e. The summed E-state index contributed by atoms with van der Waals surface area (Å²) in [6, 6.07) is 0.199. The largest absolute Gasteiger partial charge is 0.341 e. The third-order valence-electron chi connectivity index (χ3n) is 4.60. The van der Waals surface area contributed by atoms with Gasteiger partial charge in [0.2, 0.25) is 5.91 Å². The van der Waals surface area contributed by atoms with Gasteiger partial charge in [-0.2, -0.15) is 0 Å². The lowest BCUT2D eigenvalue weighted by atomic mass is 9.83. The first-order valence-electron chi connectivity index (χ1n) is 7.71. The first kappa shape index (κ1) is 13.9. The second-order valence-corrected chi connectivity index (χ2v) is 6.33. The third-order valence-corrected chi connectivity index (χ3v) is 4.60. The van der Waals surface area contributed by atoms with Crippen molar-refractivity contribution in [3.8, 4) is 0 Å². The molecule has 1 saturated carbocycles. The molecule has 2 N–H and O–H groups in total. The number of nitrogens with two attached hydrogens (primary N) is 1. The SMILES string of the molecule is CC(CC1CCCCC1)C(=O)N1CCCC(N)C1. The fourth-order valence-electron chi connectivity index (χ4n) is 3.55. The van der Waals surface area contributed by atoms with E-state index in [1.807, 2.05) is 4.90 Å². The summed E-state index contributed by atoms with van der Waals surface area (Å²) in [5.41, 5.74) is 5.95. The van der Waals surface area contributed by atoms with E-state index in [0.717, 1.165) is 38.3 Å². The van der Waals surface area contributed by atoms with Crippen LogP contribution in [0.3, 0.4) is 0 Å². The summed E-state index contributed by atoms with van der Waals surface area (Å²) in [6.45, 7) is 3.80. The fraction of sp³-hybridized carbons (Fsp3) is 0.933. The lowest BCUT2D eigenvalue weighted by Crippen LogP contribution is -2.47. The standard InChI is InChI=1S/C15H28N2O/c1-12(10-13-6-3-2-4-7-13)15(18)17-9-5-8-14(16)11-17/h12-14H,2-11,16H2,1H3. The van der Waals surface area contributed by atoms with Crippen LogP contribution in [-0.4, -0.2) is 29.9 Å². The van der Waals surface area contributed by atoms with Crippen molar-refractivity contribution in [3.63, 3.8) is 0 Å². The average Bonchev–Trinajstić information content (AvgIpc) is 2.39. The molecule has 2 aliphatic rings. The summed E-state index contributed by atoms with van der Waals surface area (Å²) in [5, 5.41) is 0. The van der Waals surface area contributed by atoms with Crippen LogP contribution in [0.25, 0.3) is 0 Å². The summed E-state index contributed by atoms with van der Waals surface area (Å²) < 4.78 is 0. The number of hydrogen-bond donors (Lipinski definition) is 1. The molecule has 0 aromatic rings. The van der Waals surface area contributed by atoms with Crippen LogP contribution in [0.2, 0.25) is 0 Å². The lowest BCUT2D eigenvalue weighted by Gasteiger charge is -2.34. The van der Waals surface area contributed by atoms with Gasteiger partial charge in [-0.15, -0.1) is 0 Å². The summed E-state index contributed by atoms with van der Waals surface area (Å²) in [5.74, 6) is 1.32. The van der Waals surface area contributed by atoms with Gasteiger partial charge in [-0.05, 0) is 25.2 Å². The highest BCUT2D eigenvalue weighted by molar-refractivity contribution is 5.78. The van der Waals surface area contributed by atoms with Gasteiger partial charge >= 0.3 is 0 Å². The summed E-state index contributed by atoms with van der Waals surface area (Å²) in [4.78, 5) is 14.4. The van der Waals surface area contributed by atoms with Crippen molar-refractivity contribution in [1.29, 1.82) is 0 Å². The number of amides is 1. The Kier molecular flexibility index (Phi) is 5.04. The number of hydrogen-bond acceptors (Lipinski definition) is 2. The Bertz CT molecular complexity index is 274. The van der Waals surface area contributed by atoms with E-state index in [0.29, 0.717) is 5.91 Å². The maximum Gasteiger partial charge on any atom is 0.225 e. The zero-order chi connectivity index (χ0) is 13.0. The molecule has 2 fully saturated rings. The van der Waals surface area contributed by atoms with Crippen molar-refractivity contribution in [2.45, 2.75) is 64.3 Å². The van der Waals surface area contributed by atoms with E-state index >= 15 is 0 Å². The van der Waals surface area contributed by atoms with Gasteiger partial charge in [0, 0.05) is 25.0 Å². The molecule has 0 radical (unpaired) electrons. The van der Waals surface area contributed by atoms with Crippen molar-refractivity contribution in [2.24, 2.45) is 17.6 Å². The Hall–Kier alpha value is -0.570. The molecule has 1 amide bonds. The van der Waals surface area contributed by atoms with Gasteiger partial charge in [0.25, 0.3) is 0 Å². The Morgan fingerprint density at radius 1 is 1.22 bits per heavy atom. The molecule has 0 bridgehead atoms. The lowest BCUT2D eigenvalue weighted by molar-refractivity contribution is -0.136. The number of likely N-dealkylation sites (tertiary alicyclic amines) is 1. The molecule has 104 valence electrons. The molecule has 0 aromatic heterocycles. The van der Waals surface area contributed by atoms with Crippen LogP contribution >= 0.6 is 0 Å². The normalized spacial score (nSPS) is 28.1. The van der Waals surface area contributed by atoms with E-state index in [1.54, 1.807) is 0 Å². The van der Waals surface area contributed by atoms with Crippen molar-refractivity contribution in [2.75, 3.05) is 13.1 Å². The highest BCUT2D eigenvalue weighted by Gasteiger charge is 2.27. The molecule has 3 nitrogen and oxygen atoms in total. The van der Waals surface area contributed by atoms with E-state index in [2.05, 4.69) is 6.92 Å². The molecule has 3 heteroatoms. The van der Waals surface area contributed by atoms with E-state index < -0.39 is 0 Å². The molecule has 1 aliphatic heterocycles. The zero-order valence-corrected chi connectivity index (χ0v) is 11.7. The summed E-state index contributed by atoms with van der Waals surface area (Å²) >= 11 is 0. The second kappa shape index (κ2) is 6.55. The van der Waals surface area contributed by atoms with Crippen molar-refractivity contribution >= 4 is 5.91 Å². The molecule has 1 heterocycles. The van der Waals surface area contributed by atoms with Gasteiger partial charge < -0.3 is 10.6 Å². The highest BCUT2D eigenvalue weighted by Crippen LogP contribution is 2.29. The highest BCUT2D eigenvalue weighted by atomic mass is 16.2. The molecule has 0 spiro atoms. The molecule has 2 unspecified atom stereocenters. The maximum atomic E-state index is 12.4. The number of carbonyl (C=O) groups excluding carboxylic acids is 1. The minimum absolute atomic E-state index is 0.193. The van der Waals surface area contributed by atoms with Crippen LogP contribution in [-0.2, 0) is 4.79 Å². The Morgan fingerprint density at radius 2 is 1.94 bits per heavy atom. The number of piperidine rings is 1. The summed E-state index contributed by atoms with van der Waals surface area (Å²) in [6.07, 6.45) is 10.0. The van der Waals surface area contributed by atoms with Gasteiger partial charge in [-0.3, -0.25) is 4.79 Å². The predicted molar refractivity (Wildman–Crippen MR) is 74.1 cm³/mol. The van der Waals surface area contributed by atoms with Crippen LogP contribution in [0.15, 0.2) is 0 Å². The molecular formula is C15H28N2O. The van der Waals surface area contributed by atoms with Crippen molar-refractivity contribution in [3.05, 3.63) is 0 Å². The van der Waals surface area contributed by atoms with E-state index in [9.17, 15) is 4.79 Å². The molecule has 18 heavy (non-hydrogen) atoms. The molecule has 2 rings (SSSR count). The van der Waals surface area contributed by atoms with Crippen LogP contribution in [0.1, 0.15) is 58.3 Å². The topological polar surface area (TPSA) is 46.3 Å². The number of carbonyl (C=O) groups is 1. The van der Waals surface area contributed by atoms with Crippen LogP contribution in [0, 0.1) is 11.8 Å². The van der Waals surface area contributed by atoms with E-state index in [-0.39, 0.29) is 12.0 Å². The Labute approximate surface area is 111 Å². The van der Waals surface area contributed by atoms with Crippen LogP contribution in [0.5, 0.6) is 0 Å². The quantitative estimate of drug-likeness (QED) is 0.839. The minimum Gasteiger partial charge on any atom is -0.341 e. The van der Waals surface area contributed by atoms with Gasteiger partial charge in [0.05, 0.1) is 0 Å². The first-order valence-corrected chi connectivity index (χ1v) is 7.71. The maximum absolute atomic E-state index is 12.4. The Balaban J connectivity index is 1.79. The molecule has 0 aromatic carbocycles. The minimum atomic E-state index is 0.193. The second-order valence-electron chi connectivity index (χ2n) is 6.33. The van der Waals surface area contributed by atoms with Gasteiger partial charge in [0.15, 0.2) is 0 Å². The monoisotopic (exact) mass is 252 g/mol. The van der Waals surface area contributed by atoms with Crippen LogP contribution in [0.4, 0.5) is 0 Å². The summed E-state index contributed by atoms with van der Waals surface area (Å²) in [7, 11) is 0. The van der Waals surface area contributed by atoms with Gasteiger partial charge in [-0.25, -0.2) is 0 Å². The Morgan fingerprint density at radius 3 is 2.61 bits per heavy atom. The first-order chi connectivity index (χ1) is 8.66. The van der Waals surface area contributed by atoms with Crippen LogP contribution < -0.4 is 5.73 Å². The molecule has 1 aliphatic carbocycles. The zero-order valence-electron chi connectivity index (χ0n) is 11.7. The van der Waals surface area contributed by atoms with Crippen molar-refractivity contribution < 1.29 is 4.79 Å². The molecular weight excluding hydrogens is 224 g/mol. The fourth-order valence-corrected chi connectivity index (χ4v) is 3.55. The van der Waals surface area contributed by atoms with Gasteiger partial charge in [0.1, 0.15) is 0 Å². The van der Waals surface area contributed by atoms with E-state index in [4.69, 9.17) is 5.73 Å². The number of rotatable bonds is 3. The third kappa shape index (κ3) is 3.71. The van der Waals surface area contributed by atoms with E-state index in [1.165, 1.54) is 32.1 Å². The average molecular weight is 252 g/mol. The number of nitrogens with zero attached hydrogens (tertiary/aromatic N) is 1. The molecule has 2 atom stereocenters.